The molecule has 1 N–H and O–H groups in total. The lowest BCUT2D eigenvalue weighted by Crippen LogP contribution is -2.28. The third-order valence-corrected chi connectivity index (χ3v) is 5.41. The Labute approximate surface area is 152 Å². The van der Waals surface area contributed by atoms with Crippen LogP contribution in [-0.2, 0) is 15.4 Å². The molecule has 0 fully saturated rings. The maximum absolute atomic E-state index is 14.4. The molecule has 0 heterocycles. The zero-order chi connectivity index (χ0) is 19.5. The Hall–Kier alpha value is -2.32. The molecule has 2 aromatic rings. The van der Waals surface area contributed by atoms with E-state index in [1.165, 1.54) is 12.1 Å². The van der Waals surface area contributed by atoms with Crippen molar-refractivity contribution in [1.29, 1.82) is 0 Å². The molecule has 0 aliphatic heterocycles. The van der Waals surface area contributed by atoms with Gasteiger partial charge in [-0.05, 0) is 22.6 Å². The van der Waals surface area contributed by atoms with E-state index in [2.05, 4.69) is 4.72 Å². The summed E-state index contributed by atoms with van der Waals surface area (Å²) >= 11 is 0. The molecule has 0 spiro atoms. The van der Waals surface area contributed by atoms with Crippen LogP contribution >= 0.6 is 0 Å². The number of nitro groups is 1. The molecule has 6 nitrogen and oxygen atoms in total. The number of hydrogen-bond donors (Lipinski definition) is 1. The predicted octanol–water partition coefficient (Wildman–Crippen LogP) is 3.88. The van der Waals surface area contributed by atoms with Crippen LogP contribution < -0.4 is 4.72 Å². The first-order valence-electron chi connectivity index (χ1n) is 8.00. The van der Waals surface area contributed by atoms with E-state index in [4.69, 9.17) is 0 Å². The van der Waals surface area contributed by atoms with E-state index in [-0.39, 0.29) is 5.41 Å². The van der Waals surface area contributed by atoms with Crippen LogP contribution in [0.5, 0.6) is 0 Å². The quantitative estimate of drug-likeness (QED) is 0.608. The molecule has 1 atom stereocenters. The topological polar surface area (TPSA) is 89.3 Å². The molecule has 0 radical (unpaired) electrons. The molecular formula is C18H21FN2O4S. The molecule has 2 rings (SSSR count). The number of rotatable bonds is 6. The third-order valence-electron chi connectivity index (χ3n) is 3.94. The van der Waals surface area contributed by atoms with Gasteiger partial charge < -0.3 is 0 Å². The average molecular weight is 380 g/mol. The molecule has 0 aromatic heterocycles. The SMILES string of the molecule is CC(C)(C)c1ccc(C(F)CNS(=O)(=O)c2ccccc2[N+](=O)[O-])cc1. The van der Waals surface area contributed by atoms with Crippen LogP contribution in [0.2, 0.25) is 0 Å². The Kier molecular flexibility index (Phi) is 5.77. The number of benzene rings is 2. The van der Waals surface area contributed by atoms with Gasteiger partial charge in [-0.2, -0.15) is 0 Å². The molecule has 0 saturated carbocycles. The smallest absolute Gasteiger partial charge is 0.258 e. The van der Waals surface area contributed by atoms with Crippen molar-refractivity contribution in [1.82, 2.24) is 4.72 Å². The maximum atomic E-state index is 14.4. The van der Waals surface area contributed by atoms with E-state index in [0.717, 1.165) is 17.7 Å². The molecule has 0 amide bonds. The second-order valence-corrected chi connectivity index (χ2v) is 8.65. The first kappa shape index (κ1) is 20.0. The summed E-state index contributed by atoms with van der Waals surface area (Å²) in [7, 11) is -4.20. The van der Waals surface area contributed by atoms with Gasteiger partial charge in [0.1, 0.15) is 6.17 Å². The second kappa shape index (κ2) is 7.51. The Morgan fingerprint density at radius 1 is 1.12 bits per heavy atom. The summed E-state index contributed by atoms with van der Waals surface area (Å²) in [5.74, 6) is 0. The first-order valence-corrected chi connectivity index (χ1v) is 9.48. The van der Waals surface area contributed by atoms with Gasteiger partial charge >= 0.3 is 0 Å². The van der Waals surface area contributed by atoms with Crippen LogP contribution in [0.1, 0.15) is 38.1 Å². The highest BCUT2D eigenvalue weighted by molar-refractivity contribution is 7.89. The summed E-state index contributed by atoms with van der Waals surface area (Å²) in [5, 5.41) is 11.0. The molecule has 0 saturated heterocycles. The van der Waals surface area contributed by atoms with Crippen molar-refractivity contribution < 1.29 is 17.7 Å². The van der Waals surface area contributed by atoms with E-state index in [0.29, 0.717) is 5.56 Å². The van der Waals surface area contributed by atoms with E-state index in [1.54, 1.807) is 24.3 Å². The number of halogens is 1. The normalized spacial score (nSPS) is 13.4. The van der Waals surface area contributed by atoms with Gasteiger partial charge in [-0.25, -0.2) is 17.5 Å². The number of para-hydroxylation sites is 1. The van der Waals surface area contributed by atoms with Crippen molar-refractivity contribution in [2.75, 3.05) is 6.54 Å². The summed E-state index contributed by atoms with van der Waals surface area (Å²) in [6, 6.07) is 11.8. The first-order chi connectivity index (χ1) is 12.0. The highest BCUT2D eigenvalue weighted by atomic mass is 32.2. The number of sulfonamides is 1. The number of nitro benzene ring substituents is 1. The monoisotopic (exact) mass is 380 g/mol. The zero-order valence-electron chi connectivity index (χ0n) is 14.8. The van der Waals surface area contributed by atoms with E-state index in [1.807, 2.05) is 20.8 Å². The minimum absolute atomic E-state index is 0.0713. The van der Waals surface area contributed by atoms with Crippen LogP contribution in [-0.4, -0.2) is 19.9 Å². The van der Waals surface area contributed by atoms with Crippen molar-refractivity contribution >= 4 is 15.7 Å². The molecule has 26 heavy (non-hydrogen) atoms. The van der Waals surface area contributed by atoms with Crippen molar-refractivity contribution in [3.05, 3.63) is 69.8 Å². The highest BCUT2D eigenvalue weighted by Crippen LogP contribution is 2.26. The fraction of sp³-hybridized carbons (Fsp3) is 0.333. The predicted molar refractivity (Wildman–Crippen MR) is 97.3 cm³/mol. The van der Waals surface area contributed by atoms with Gasteiger partial charge in [0.2, 0.25) is 10.0 Å². The fourth-order valence-electron chi connectivity index (χ4n) is 2.41. The summed E-state index contributed by atoms with van der Waals surface area (Å²) in [6.07, 6.45) is -1.57. The Morgan fingerprint density at radius 2 is 1.69 bits per heavy atom. The second-order valence-electron chi connectivity index (χ2n) is 6.92. The summed E-state index contributed by atoms with van der Waals surface area (Å²) in [6.45, 7) is 5.60. The van der Waals surface area contributed by atoms with Crippen LogP contribution in [0.25, 0.3) is 0 Å². The molecule has 0 aliphatic carbocycles. The lowest BCUT2D eigenvalue weighted by Gasteiger charge is -2.19. The number of alkyl halides is 1. The minimum atomic E-state index is -4.20. The van der Waals surface area contributed by atoms with Crippen molar-refractivity contribution in [2.24, 2.45) is 0 Å². The summed E-state index contributed by atoms with van der Waals surface area (Å²) in [5.41, 5.74) is 0.750. The maximum Gasteiger partial charge on any atom is 0.289 e. The summed E-state index contributed by atoms with van der Waals surface area (Å²) in [4.78, 5) is 9.71. The molecule has 0 bridgehead atoms. The number of nitrogens with one attached hydrogen (secondary N) is 1. The lowest BCUT2D eigenvalue weighted by molar-refractivity contribution is -0.387. The molecule has 2 aromatic carbocycles. The lowest BCUT2D eigenvalue weighted by atomic mass is 9.86. The van der Waals surface area contributed by atoms with Gasteiger partial charge in [-0.3, -0.25) is 10.1 Å². The van der Waals surface area contributed by atoms with Crippen molar-refractivity contribution in [3.63, 3.8) is 0 Å². The van der Waals surface area contributed by atoms with Gasteiger partial charge in [0.25, 0.3) is 5.69 Å². The van der Waals surface area contributed by atoms with E-state index in [9.17, 15) is 22.9 Å². The molecule has 8 heteroatoms. The molecule has 0 aliphatic rings. The van der Waals surface area contributed by atoms with Gasteiger partial charge in [0, 0.05) is 12.6 Å². The summed E-state index contributed by atoms with van der Waals surface area (Å²) < 4.78 is 41.1. The van der Waals surface area contributed by atoms with Crippen molar-refractivity contribution in [3.8, 4) is 0 Å². The average Bonchev–Trinajstić information content (AvgIpc) is 2.59. The Bertz CT molecular complexity index is 890. The molecule has 1 unspecified atom stereocenters. The Balaban J connectivity index is 2.14. The van der Waals surface area contributed by atoms with Gasteiger partial charge in [0.15, 0.2) is 4.90 Å². The largest absolute Gasteiger partial charge is 0.289 e. The van der Waals surface area contributed by atoms with Gasteiger partial charge in [0.05, 0.1) is 4.92 Å². The van der Waals surface area contributed by atoms with Crippen LogP contribution in [0.15, 0.2) is 53.4 Å². The van der Waals surface area contributed by atoms with Gasteiger partial charge in [-0.1, -0.05) is 57.2 Å². The fourth-order valence-corrected chi connectivity index (χ4v) is 3.60. The van der Waals surface area contributed by atoms with E-state index < -0.39 is 38.2 Å². The Morgan fingerprint density at radius 3 is 2.23 bits per heavy atom. The van der Waals surface area contributed by atoms with Crippen LogP contribution in [0, 0.1) is 10.1 Å². The highest BCUT2D eigenvalue weighted by Gasteiger charge is 2.26. The number of hydrogen-bond acceptors (Lipinski definition) is 4. The number of nitrogens with zero attached hydrogens (tertiary/aromatic N) is 1. The molecule has 140 valence electrons. The van der Waals surface area contributed by atoms with E-state index >= 15 is 0 Å². The van der Waals surface area contributed by atoms with Crippen molar-refractivity contribution in [2.45, 2.75) is 37.3 Å². The van der Waals surface area contributed by atoms with Crippen LogP contribution in [0.3, 0.4) is 0 Å². The molecular weight excluding hydrogens is 359 g/mol. The van der Waals surface area contributed by atoms with Crippen LogP contribution in [0.4, 0.5) is 10.1 Å². The zero-order valence-corrected chi connectivity index (χ0v) is 15.6. The minimum Gasteiger partial charge on any atom is -0.258 e. The van der Waals surface area contributed by atoms with Gasteiger partial charge in [-0.15, -0.1) is 0 Å². The standard InChI is InChI=1S/C18H21FN2O4S/c1-18(2,3)14-10-8-13(9-11-14)15(19)12-20-26(24,25)17-7-5-4-6-16(17)21(22)23/h4-11,15,20H,12H2,1-3H3. The third kappa shape index (κ3) is 4.64.